The second-order valence-corrected chi connectivity index (χ2v) is 7.90. The van der Waals surface area contributed by atoms with Crippen molar-refractivity contribution < 1.29 is 19.1 Å². The van der Waals surface area contributed by atoms with Crippen molar-refractivity contribution in [2.24, 2.45) is 0 Å². The van der Waals surface area contributed by atoms with Gasteiger partial charge in [-0.2, -0.15) is 0 Å². The Morgan fingerprint density at radius 3 is 2.78 bits per heavy atom. The minimum absolute atomic E-state index is 0.0167. The van der Waals surface area contributed by atoms with E-state index in [1.807, 2.05) is 26.8 Å². The van der Waals surface area contributed by atoms with Crippen LogP contribution < -0.4 is 15.4 Å². The van der Waals surface area contributed by atoms with E-state index in [1.54, 1.807) is 23.1 Å². The van der Waals surface area contributed by atoms with Gasteiger partial charge in [0.05, 0.1) is 12.1 Å². The molecule has 7 nitrogen and oxygen atoms in total. The van der Waals surface area contributed by atoms with Crippen molar-refractivity contribution in [3.05, 3.63) is 29.8 Å². The van der Waals surface area contributed by atoms with Gasteiger partial charge < -0.3 is 20.3 Å². The molecule has 0 aromatic heterocycles. The van der Waals surface area contributed by atoms with Crippen LogP contribution in [0.4, 0.5) is 0 Å². The third kappa shape index (κ3) is 4.23. The summed E-state index contributed by atoms with van der Waals surface area (Å²) in [7, 11) is 0. The standard InChI is InChI=1S/C20H27N3O4/c1-4-19(2,3)21-16(24)13-23-12-11-20(10-9-17(23)25)22-18(26)14-7-5-6-8-15(14)27-20/h5-8H,4,9-13H2,1-3H3,(H,21,24)(H,22,26). The van der Waals surface area contributed by atoms with Crippen molar-refractivity contribution in [3.63, 3.8) is 0 Å². The van der Waals surface area contributed by atoms with Crippen molar-refractivity contribution in [2.75, 3.05) is 13.1 Å². The summed E-state index contributed by atoms with van der Waals surface area (Å²) in [4.78, 5) is 38.8. The van der Waals surface area contributed by atoms with E-state index in [0.717, 1.165) is 6.42 Å². The molecule has 1 aromatic rings. The molecule has 27 heavy (non-hydrogen) atoms. The highest BCUT2D eigenvalue weighted by atomic mass is 16.5. The first kappa shape index (κ1) is 19.2. The van der Waals surface area contributed by atoms with Gasteiger partial charge in [-0.05, 0) is 32.4 Å². The lowest BCUT2D eigenvalue weighted by Crippen LogP contribution is -2.56. The van der Waals surface area contributed by atoms with E-state index >= 15 is 0 Å². The number of benzene rings is 1. The molecule has 1 saturated heterocycles. The molecule has 0 saturated carbocycles. The summed E-state index contributed by atoms with van der Waals surface area (Å²) in [6.07, 6.45) is 1.83. The predicted molar refractivity (Wildman–Crippen MR) is 100 cm³/mol. The first-order valence-corrected chi connectivity index (χ1v) is 9.43. The van der Waals surface area contributed by atoms with Crippen molar-refractivity contribution >= 4 is 17.7 Å². The molecule has 2 aliphatic rings. The zero-order valence-corrected chi connectivity index (χ0v) is 16.1. The molecule has 1 aromatic carbocycles. The molecular formula is C20H27N3O4. The topological polar surface area (TPSA) is 87.7 Å². The van der Waals surface area contributed by atoms with Crippen LogP contribution in [0.3, 0.4) is 0 Å². The van der Waals surface area contributed by atoms with Gasteiger partial charge in [-0.1, -0.05) is 19.1 Å². The first-order chi connectivity index (χ1) is 12.7. The number of hydrogen-bond acceptors (Lipinski definition) is 4. The molecule has 3 rings (SSSR count). The minimum atomic E-state index is -0.908. The zero-order chi connectivity index (χ0) is 19.7. The highest BCUT2D eigenvalue weighted by Gasteiger charge is 2.42. The van der Waals surface area contributed by atoms with Crippen LogP contribution in [0.15, 0.2) is 24.3 Å². The van der Waals surface area contributed by atoms with E-state index < -0.39 is 5.72 Å². The summed E-state index contributed by atoms with van der Waals surface area (Å²) in [6.45, 7) is 6.27. The smallest absolute Gasteiger partial charge is 0.258 e. The Hall–Kier alpha value is -2.57. The monoisotopic (exact) mass is 373 g/mol. The van der Waals surface area contributed by atoms with Crippen LogP contribution in [-0.4, -0.2) is 47.0 Å². The molecule has 0 bridgehead atoms. The maximum atomic E-state index is 12.5. The molecule has 2 heterocycles. The van der Waals surface area contributed by atoms with Gasteiger partial charge >= 0.3 is 0 Å². The number of amides is 3. The lowest BCUT2D eigenvalue weighted by Gasteiger charge is -2.38. The number of ether oxygens (including phenoxy) is 1. The van der Waals surface area contributed by atoms with Gasteiger partial charge in [0.15, 0.2) is 5.72 Å². The second kappa shape index (κ2) is 7.21. The second-order valence-electron chi connectivity index (χ2n) is 7.90. The van der Waals surface area contributed by atoms with Gasteiger partial charge in [0.25, 0.3) is 5.91 Å². The maximum absolute atomic E-state index is 12.5. The summed E-state index contributed by atoms with van der Waals surface area (Å²) >= 11 is 0. The van der Waals surface area contributed by atoms with E-state index in [0.29, 0.717) is 30.7 Å². The number of carbonyl (C=O) groups excluding carboxylic acids is 3. The van der Waals surface area contributed by atoms with Gasteiger partial charge in [-0.15, -0.1) is 0 Å². The predicted octanol–water partition coefficient (Wildman–Crippen LogP) is 1.82. The highest BCUT2D eigenvalue weighted by Crippen LogP contribution is 2.33. The average Bonchev–Trinajstić information content (AvgIpc) is 2.76. The Bertz CT molecular complexity index is 761. The van der Waals surface area contributed by atoms with E-state index in [2.05, 4.69) is 10.6 Å². The Balaban J connectivity index is 1.69. The van der Waals surface area contributed by atoms with E-state index in [9.17, 15) is 14.4 Å². The molecule has 2 N–H and O–H groups in total. The molecule has 3 amide bonds. The number of fused-ring (bicyclic) bond motifs is 1. The number of nitrogens with one attached hydrogen (secondary N) is 2. The van der Waals surface area contributed by atoms with Crippen LogP contribution in [0.5, 0.6) is 5.75 Å². The van der Waals surface area contributed by atoms with Crippen LogP contribution in [0.25, 0.3) is 0 Å². The van der Waals surface area contributed by atoms with Crippen LogP contribution in [0.1, 0.15) is 56.8 Å². The summed E-state index contributed by atoms with van der Waals surface area (Å²) in [5.74, 6) is 0.0582. The summed E-state index contributed by atoms with van der Waals surface area (Å²) in [5, 5.41) is 5.88. The van der Waals surface area contributed by atoms with Crippen LogP contribution in [-0.2, 0) is 9.59 Å². The zero-order valence-electron chi connectivity index (χ0n) is 16.1. The number of nitrogens with zero attached hydrogens (tertiary/aromatic N) is 1. The number of rotatable bonds is 4. The highest BCUT2D eigenvalue weighted by molar-refractivity contribution is 5.98. The number of para-hydroxylation sites is 1. The summed E-state index contributed by atoms with van der Waals surface area (Å²) in [6, 6.07) is 7.08. The molecule has 1 unspecified atom stereocenters. The Labute approximate surface area is 159 Å². The van der Waals surface area contributed by atoms with Crippen molar-refractivity contribution in [2.45, 2.75) is 57.7 Å². The quantitative estimate of drug-likeness (QED) is 0.843. The number of hydrogen-bond donors (Lipinski definition) is 2. The summed E-state index contributed by atoms with van der Waals surface area (Å²) in [5.41, 5.74) is -0.719. The fourth-order valence-corrected chi connectivity index (χ4v) is 3.36. The van der Waals surface area contributed by atoms with Crippen molar-refractivity contribution in [1.82, 2.24) is 15.5 Å². The van der Waals surface area contributed by atoms with Gasteiger partial charge in [-0.3, -0.25) is 14.4 Å². The lowest BCUT2D eigenvalue weighted by atomic mass is 10.0. The van der Waals surface area contributed by atoms with Crippen molar-refractivity contribution in [1.29, 1.82) is 0 Å². The molecule has 1 fully saturated rings. The molecule has 2 aliphatic heterocycles. The summed E-state index contributed by atoms with van der Waals surface area (Å²) < 4.78 is 6.10. The molecule has 1 spiro atoms. The fraction of sp³-hybridized carbons (Fsp3) is 0.550. The lowest BCUT2D eigenvalue weighted by molar-refractivity contribution is -0.136. The molecule has 146 valence electrons. The molecule has 1 atom stereocenters. The van der Waals surface area contributed by atoms with E-state index in [1.165, 1.54) is 0 Å². The van der Waals surface area contributed by atoms with Crippen LogP contribution >= 0.6 is 0 Å². The van der Waals surface area contributed by atoms with E-state index in [-0.39, 0.29) is 36.2 Å². The number of likely N-dealkylation sites (tertiary alicyclic amines) is 1. The first-order valence-electron chi connectivity index (χ1n) is 9.43. The normalized spacial score (nSPS) is 22.6. The Morgan fingerprint density at radius 1 is 1.30 bits per heavy atom. The molecule has 7 heteroatoms. The van der Waals surface area contributed by atoms with Gasteiger partial charge in [-0.25, -0.2) is 0 Å². The van der Waals surface area contributed by atoms with E-state index in [4.69, 9.17) is 4.74 Å². The minimum Gasteiger partial charge on any atom is -0.467 e. The maximum Gasteiger partial charge on any atom is 0.258 e. The molecular weight excluding hydrogens is 346 g/mol. The van der Waals surface area contributed by atoms with Gasteiger partial charge in [0, 0.05) is 31.3 Å². The van der Waals surface area contributed by atoms with Crippen molar-refractivity contribution in [3.8, 4) is 5.75 Å². The van der Waals surface area contributed by atoms with Gasteiger partial charge in [0.2, 0.25) is 11.8 Å². The van der Waals surface area contributed by atoms with Crippen LogP contribution in [0, 0.1) is 0 Å². The SMILES string of the molecule is CCC(C)(C)NC(=O)CN1CCC2(CCC1=O)NC(=O)c1ccccc1O2. The van der Waals surface area contributed by atoms with Gasteiger partial charge in [0.1, 0.15) is 5.75 Å². The Kier molecular flexibility index (Phi) is 5.13. The third-order valence-corrected chi connectivity index (χ3v) is 5.36. The molecule has 0 radical (unpaired) electrons. The number of carbonyl (C=O) groups is 3. The Morgan fingerprint density at radius 2 is 2.04 bits per heavy atom. The van der Waals surface area contributed by atoms with Crippen LogP contribution in [0.2, 0.25) is 0 Å². The third-order valence-electron chi connectivity index (χ3n) is 5.36. The average molecular weight is 373 g/mol. The largest absolute Gasteiger partial charge is 0.467 e. The molecule has 0 aliphatic carbocycles. The fourth-order valence-electron chi connectivity index (χ4n) is 3.36.